The first-order chi connectivity index (χ1) is 9.93. The van der Waals surface area contributed by atoms with E-state index in [9.17, 15) is 18.0 Å². The average molecular weight is 294 g/mol. The number of hydrogen-bond donors (Lipinski definition) is 1. The summed E-state index contributed by atoms with van der Waals surface area (Å²) in [7, 11) is 0. The van der Waals surface area contributed by atoms with Crippen LogP contribution < -0.4 is 10.6 Å². The summed E-state index contributed by atoms with van der Waals surface area (Å²) in [6.45, 7) is 0.277. The van der Waals surface area contributed by atoms with Gasteiger partial charge in [0.2, 0.25) is 0 Å². The number of hydrogen-bond acceptors (Lipinski definition) is 2. The van der Waals surface area contributed by atoms with Gasteiger partial charge in [0, 0.05) is 17.9 Å². The highest BCUT2D eigenvalue weighted by Crippen LogP contribution is 2.31. The second-order valence-electron chi connectivity index (χ2n) is 4.34. The first-order valence-electron chi connectivity index (χ1n) is 6.19. The Morgan fingerprint density at radius 1 is 0.952 bits per heavy atom. The third-order valence-electron chi connectivity index (χ3n) is 2.89. The largest absolute Gasteiger partial charge is 0.472 e. The molecule has 0 saturated carbocycles. The minimum Gasteiger partial charge on any atom is -0.326 e. The second-order valence-corrected chi connectivity index (χ2v) is 4.34. The van der Waals surface area contributed by atoms with Crippen LogP contribution in [0.2, 0.25) is 0 Å². The summed E-state index contributed by atoms with van der Waals surface area (Å²) in [4.78, 5) is 12.3. The third kappa shape index (κ3) is 3.41. The van der Waals surface area contributed by atoms with Gasteiger partial charge in [-0.25, -0.2) is 0 Å². The Labute approximate surface area is 119 Å². The van der Waals surface area contributed by atoms with Gasteiger partial charge in [-0.1, -0.05) is 30.3 Å². The van der Waals surface area contributed by atoms with E-state index in [1.807, 2.05) is 0 Å². The zero-order valence-electron chi connectivity index (χ0n) is 11.0. The van der Waals surface area contributed by atoms with Crippen molar-refractivity contribution in [1.82, 2.24) is 0 Å². The zero-order chi connectivity index (χ0) is 15.5. The van der Waals surface area contributed by atoms with Crippen LogP contribution in [0.3, 0.4) is 0 Å². The van der Waals surface area contributed by atoms with Crippen molar-refractivity contribution in [3.05, 3.63) is 60.2 Å². The lowest BCUT2D eigenvalue weighted by Gasteiger charge is -2.24. The Morgan fingerprint density at radius 3 is 1.95 bits per heavy atom. The normalized spacial score (nSPS) is 11.2. The molecule has 6 heteroatoms. The number of carbonyl (C=O) groups excluding carboxylic acids is 1. The highest BCUT2D eigenvalue weighted by molar-refractivity contribution is 6.03. The van der Waals surface area contributed by atoms with Gasteiger partial charge in [-0.05, 0) is 29.8 Å². The Kier molecular flexibility index (Phi) is 4.28. The van der Waals surface area contributed by atoms with Crippen LogP contribution in [0.15, 0.2) is 54.6 Å². The highest BCUT2D eigenvalue weighted by atomic mass is 19.4. The first kappa shape index (κ1) is 15.1. The minimum atomic E-state index is -4.96. The molecule has 3 nitrogen and oxygen atoms in total. The lowest BCUT2D eigenvalue weighted by Crippen LogP contribution is -2.38. The molecule has 0 heterocycles. The number of alkyl halides is 3. The molecule has 0 aliphatic carbocycles. The molecule has 0 atom stereocenters. The summed E-state index contributed by atoms with van der Waals surface area (Å²) in [5.74, 6) is -1.94. The van der Waals surface area contributed by atoms with Crippen molar-refractivity contribution in [1.29, 1.82) is 0 Å². The van der Waals surface area contributed by atoms with E-state index in [-0.39, 0.29) is 17.9 Å². The molecular weight excluding hydrogens is 281 g/mol. The molecule has 2 rings (SSSR count). The second kappa shape index (κ2) is 5.97. The molecule has 0 aliphatic heterocycles. The minimum absolute atomic E-state index is 0.140. The number of anilines is 2. The molecule has 0 unspecified atom stereocenters. The van der Waals surface area contributed by atoms with Crippen molar-refractivity contribution < 1.29 is 18.0 Å². The van der Waals surface area contributed by atoms with Gasteiger partial charge in [-0.2, -0.15) is 13.2 Å². The summed E-state index contributed by atoms with van der Waals surface area (Å²) < 4.78 is 38.4. The summed E-state index contributed by atoms with van der Waals surface area (Å²) in [5.41, 5.74) is 6.52. The molecule has 2 aromatic rings. The predicted octanol–water partition coefficient (Wildman–Crippen LogP) is 3.37. The lowest BCUT2D eigenvalue weighted by molar-refractivity contribution is -0.169. The van der Waals surface area contributed by atoms with E-state index in [1.54, 1.807) is 30.3 Å². The molecule has 0 saturated heterocycles. The number of nitrogens with two attached hydrogens (primary N) is 1. The quantitative estimate of drug-likeness (QED) is 0.943. The summed E-state index contributed by atoms with van der Waals surface area (Å²) in [5, 5.41) is 0. The molecule has 1 amide bonds. The predicted molar refractivity (Wildman–Crippen MR) is 74.0 cm³/mol. The van der Waals surface area contributed by atoms with Crippen LogP contribution in [0, 0.1) is 0 Å². The fraction of sp³-hybridized carbons (Fsp3) is 0.133. The summed E-state index contributed by atoms with van der Waals surface area (Å²) in [6.07, 6.45) is -4.96. The smallest absolute Gasteiger partial charge is 0.326 e. The van der Waals surface area contributed by atoms with Crippen molar-refractivity contribution in [2.45, 2.75) is 12.7 Å². The molecule has 2 N–H and O–H groups in total. The topological polar surface area (TPSA) is 46.3 Å². The fourth-order valence-electron chi connectivity index (χ4n) is 1.87. The third-order valence-corrected chi connectivity index (χ3v) is 2.89. The molecule has 21 heavy (non-hydrogen) atoms. The number of carbonyl (C=O) groups is 1. The number of nitrogens with zero attached hydrogens (tertiary/aromatic N) is 1. The molecule has 0 radical (unpaired) electrons. The van der Waals surface area contributed by atoms with Crippen molar-refractivity contribution in [2.75, 3.05) is 4.90 Å². The zero-order valence-corrected chi connectivity index (χ0v) is 11.0. The van der Waals surface area contributed by atoms with E-state index in [4.69, 9.17) is 5.73 Å². The average Bonchev–Trinajstić information content (AvgIpc) is 2.48. The molecule has 110 valence electrons. The number of benzene rings is 2. The highest BCUT2D eigenvalue weighted by Gasteiger charge is 2.43. The van der Waals surface area contributed by atoms with E-state index in [0.29, 0.717) is 4.90 Å². The van der Waals surface area contributed by atoms with Crippen LogP contribution in [0.5, 0.6) is 0 Å². The van der Waals surface area contributed by atoms with Crippen LogP contribution in [-0.4, -0.2) is 12.1 Å². The van der Waals surface area contributed by atoms with Crippen molar-refractivity contribution in [2.24, 2.45) is 5.73 Å². The Bertz CT molecular complexity index is 609. The van der Waals surface area contributed by atoms with Gasteiger partial charge in [0.1, 0.15) is 0 Å². The maximum Gasteiger partial charge on any atom is 0.472 e. The molecule has 0 spiro atoms. The lowest BCUT2D eigenvalue weighted by atomic mass is 10.1. The first-order valence-corrected chi connectivity index (χ1v) is 6.19. The van der Waals surface area contributed by atoms with Crippen molar-refractivity contribution in [3.63, 3.8) is 0 Å². The Morgan fingerprint density at radius 2 is 1.48 bits per heavy atom. The van der Waals surface area contributed by atoms with Gasteiger partial charge >= 0.3 is 12.1 Å². The summed E-state index contributed by atoms with van der Waals surface area (Å²) in [6, 6.07) is 13.8. The van der Waals surface area contributed by atoms with E-state index in [2.05, 4.69) is 0 Å². The standard InChI is InChI=1S/C15H13F3N2O/c16-15(17,18)14(21)20(12-4-2-1-3-5-12)13-8-6-11(10-19)7-9-13/h1-9H,10,19H2. The van der Waals surface area contributed by atoms with Gasteiger partial charge < -0.3 is 5.73 Å². The molecule has 2 aromatic carbocycles. The number of amides is 1. The van der Waals surface area contributed by atoms with E-state index >= 15 is 0 Å². The van der Waals surface area contributed by atoms with E-state index in [0.717, 1.165) is 5.56 Å². The van der Waals surface area contributed by atoms with Gasteiger partial charge in [0.05, 0.1) is 0 Å². The van der Waals surface area contributed by atoms with Crippen LogP contribution in [0.1, 0.15) is 5.56 Å². The summed E-state index contributed by atoms with van der Waals surface area (Å²) >= 11 is 0. The molecule has 0 fully saturated rings. The van der Waals surface area contributed by atoms with Crippen LogP contribution in [-0.2, 0) is 11.3 Å². The maximum atomic E-state index is 12.8. The molecule has 0 aromatic heterocycles. The number of para-hydroxylation sites is 1. The number of rotatable bonds is 3. The van der Waals surface area contributed by atoms with Crippen LogP contribution in [0.25, 0.3) is 0 Å². The Balaban J connectivity index is 2.47. The van der Waals surface area contributed by atoms with Gasteiger partial charge in [0.15, 0.2) is 0 Å². The van der Waals surface area contributed by atoms with Crippen LogP contribution in [0.4, 0.5) is 24.5 Å². The number of halogens is 3. The maximum absolute atomic E-state index is 12.8. The van der Waals surface area contributed by atoms with Crippen LogP contribution >= 0.6 is 0 Å². The van der Waals surface area contributed by atoms with Crippen molar-refractivity contribution in [3.8, 4) is 0 Å². The Hall–Kier alpha value is -2.34. The van der Waals surface area contributed by atoms with Gasteiger partial charge in [-0.15, -0.1) is 0 Å². The molecule has 0 aliphatic rings. The fourth-order valence-corrected chi connectivity index (χ4v) is 1.87. The molecular formula is C15H13F3N2O. The molecule has 0 bridgehead atoms. The SMILES string of the molecule is NCc1ccc(N(C(=O)C(F)(F)F)c2ccccc2)cc1. The monoisotopic (exact) mass is 294 g/mol. The van der Waals surface area contributed by atoms with Gasteiger partial charge in [-0.3, -0.25) is 9.69 Å². The van der Waals surface area contributed by atoms with E-state index < -0.39 is 12.1 Å². The van der Waals surface area contributed by atoms with E-state index in [1.165, 1.54) is 24.3 Å². The van der Waals surface area contributed by atoms with Gasteiger partial charge in [0.25, 0.3) is 0 Å². The van der Waals surface area contributed by atoms with Crippen molar-refractivity contribution >= 4 is 17.3 Å².